The number of anilines is 1. The fourth-order valence-electron chi connectivity index (χ4n) is 2.94. The number of para-hydroxylation sites is 1. The number of rotatable bonds is 7. The van der Waals surface area contributed by atoms with Crippen molar-refractivity contribution in [3.63, 3.8) is 0 Å². The quantitative estimate of drug-likeness (QED) is 0.481. The molecule has 0 saturated carbocycles. The van der Waals surface area contributed by atoms with Gasteiger partial charge in [0.05, 0.1) is 38.5 Å². The smallest absolute Gasteiger partial charge is 0.262 e. The lowest BCUT2D eigenvalue weighted by Gasteiger charge is -2.22. The number of nitrogens with zero attached hydrogens (tertiary/aromatic N) is 1. The van der Waals surface area contributed by atoms with E-state index in [1.807, 2.05) is 0 Å². The molecule has 2 aromatic carbocycles. The van der Waals surface area contributed by atoms with Crippen LogP contribution >= 0.6 is 34.8 Å². The van der Waals surface area contributed by atoms with Crippen LogP contribution in [0.25, 0.3) is 0 Å². The second kappa shape index (κ2) is 9.22. The molecule has 0 spiro atoms. The number of hydrogen-bond donors (Lipinski definition) is 1. The van der Waals surface area contributed by atoms with Crippen molar-refractivity contribution in [3.05, 3.63) is 56.5 Å². The number of carbonyl (C=O) groups excluding carboxylic acids is 3. The zero-order chi connectivity index (χ0) is 22.0. The number of methoxy groups -OCH3 is 1. The van der Waals surface area contributed by atoms with Crippen molar-refractivity contribution < 1.29 is 23.9 Å². The van der Waals surface area contributed by atoms with E-state index in [-0.39, 0.29) is 33.5 Å². The molecule has 158 valence electrons. The summed E-state index contributed by atoms with van der Waals surface area (Å²) in [5.41, 5.74) is 0.499. The van der Waals surface area contributed by atoms with Crippen LogP contribution in [-0.2, 0) is 9.53 Å². The van der Waals surface area contributed by atoms with E-state index in [0.717, 1.165) is 4.90 Å². The summed E-state index contributed by atoms with van der Waals surface area (Å²) in [5, 5.41) is 3.24. The average molecular weight is 472 g/mol. The number of imide groups is 1. The SMILES string of the molecule is COCCOc1c(Cl)cccc1NC(=O)C(C)N1C(=O)c2cc(Cl)c(Cl)cc2C1=O. The fourth-order valence-corrected chi connectivity index (χ4v) is 3.50. The van der Waals surface area contributed by atoms with Crippen LogP contribution in [0.15, 0.2) is 30.3 Å². The summed E-state index contributed by atoms with van der Waals surface area (Å²) in [6, 6.07) is 6.38. The van der Waals surface area contributed by atoms with Crippen LogP contribution in [0.5, 0.6) is 5.75 Å². The molecule has 30 heavy (non-hydrogen) atoms. The van der Waals surface area contributed by atoms with Crippen LogP contribution in [0.3, 0.4) is 0 Å². The van der Waals surface area contributed by atoms with Crippen LogP contribution in [0, 0.1) is 0 Å². The number of hydrogen-bond acceptors (Lipinski definition) is 5. The second-order valence-corrected chi connectivity index (χ2v) is 7.64. The standard InChI is InChI=1S/C20H17Cl3N2O5/c1-10(25-19(27)11-8-14(22)15(23)9-12(11)20(25)28)18(26)24-16-5-3-4-13(21)17(16)30-7-6-29-2/h3-5,8-10H,6-7H2,1-2H3,(H,24,26). The highest BCUT2D eigenvalue weighted by Gasteiger charge is 2.41. The van der Waals surface area contributed by atoms with Crippen LogP contribution in [0.1, 0.15) is 27.6 Å². The Bertz CT molecular complexity index is 987. The lowest BCUT2D eigenvalue weighted by molar-refractivity contribution is -0.119. The molecule has 2 aromatic rings. The predicted octanol–water partition coefficient (Wildman–Crippen LogP) is 4.30. The Morgan fingerprint density at radius 1 is 1.03 bits per heavy atom. The first-order valence-corrected chi connectivity index (χ1v) is 9.97. The van der Waals surface area contributed by atoms with Crippen LogP contribution in [-0.4, -0.2) is 49.0 Å². The highest BCUT2D eigenvalue weighted by molar-refractivity contribution is 6.43. The Morgan fingerprint density at radius 3 is 2.20 bits per heavy atom. The van der Waals surface area contributed by atoms with Gasteiger partial charge in [-0.3, -0.25) is 19.3 Å². The molecule has 1 aliphatic heterocycles. The Balaban J connectivity index is 1.81. The minimum absolute atomic E-state index is 0.0976. The minimum Gasteiger partial charge on any atom is -0.487 e. The molecule has 0 saturated heterocycles. The number of amides is 3. The Kier molecular flexibility index (Phi) is 6.88. The summed E-state index contributed by atoms with van der Waals surface area (Å²) in [4.78, 5) is 39.2. The first kappa shape index (κ1) is 22.4. The van der Waals surface area contributed by atoms with Crippen LogP contribution < -0.4 is 10.1 Å². The molecule has 3 rings (SSSR count). The number of ether oxygens (including phenoxy) is 2. The lowest BCUT2D eigenvalue weighted by atomic mass is 10.1. The molecule has 1 N–H and O–H groups in total. The zero-order valence-corrected chi connectivity index (χ0v) is 18.3. The number of benzene rings is 2. The van der Waals surface area contributed by atoms with Gasteiger partial charge >= 0.3 is 0 Å². The van der Waals surface area contributed by atoms with Crippen molar-refractivity contribution in [2.24, 2.45) is 0 Å². The zero-order valence-electron chi connectivity index (χ0n) is 16.0. The van der Waals surface area contributed by atoms with Gasteiger partial charge in [-0.2, -0.15) is 0 Å². The molecular weight excluding hydrogens is 455 g/mol. The average Bonchev–Trinajstić information content (AvgIpc) is 2.93. The van der Waals surface area contributed by atoms with Crippen LogP contribution in [0.2, 0.25) is 15.1 Å². The first-order chi connectivity index (χ1) is 14.3. The van der Waals surface area contributed by atoms with Crippen molar-refractivity contribution in [1.82, 2.24) is 4.90 Å². The van der Waals surface area contributed by atoms with Gasteiger partial charge < -0.3 is 14.8 Å². The van der Waals surface area contributed by atoms with E-state index in [2.05, 4.69) is 5.32 Å². The third kappa shape index (κ3) is 4.25. The van der Waals surface area contributed by atoms with Gasteiger partial charge in [-0.05, 0) is 31.2 Å². The monoisotopic (exact) mass is 470 g/mol. The summed E-state index contributed by atoms with van der Waals surface area (Å²) in [6.45, 7) is 1.99. The molecule has 7 nitrogen and oxygen atoms in total. The summed E-state index contributed by atoms with van der Waals surface area (Å²) >= 11 is 18.1. The first-order valence-electron chi connectivity index (χ1n) is 8.84. The van der Waals surface area contributed by atoms with Gasteiger partial charge in [0, 0.05) is 7.11 Å². The Labute approximate surface area is 187 Å². The summed E-state index contributed by atoms with van der Waals surface area (Å²) in [7, 11) is 1.53. The molecule has 0 aromatic heterocycles. The van der Waals surface area contributed by atoms with E-state index in [1.165, 1.54) is 26.2 Å². The van der Waals surface area contributed by atoms with Gasteiger partial charge in [-0.1, -0.05) is 40.9 Å². The maximum Gasteiger partial charge on any atom is 0.262 e. The minimum atomic E-state index is -1.11. The third-order valence-corrected chi connectivity index (χ3v) is 5.50. The molecule has 10 heteroatoms. The van der Waals surface area contributed by atoms with Gasteiger partial charge in [0.15, 0.2) is 5.75 Å². The van der Waals surface area contributed by atoms with E-state index in [0.29, 0.717) is 17.3 Å². The summed E-state index contributed by atoms with van der Waals surface area (Å²) in [5.74, 6) is -1.59. The molecule has 1 heterocycles. The summed E-state index contributed by atoms with van der Waals surface area (Å²) < 4.78 is 10.5. The van der Waals surface area contributed by atoms with Crippen molar-refractivity contribution >= 4 is 58.2 Å². The van der Waals surface area contributed by atoms with Crippen LogP contribution in [0.4, 0.5) is 5.69 Å². The molecular formula is C20H17Cl3N2O5. The van der Waals surface area contributed by atoms with Gasteiger partial charge in [0.1, 0.15) is 12.6 Å². The largest absolute Gasteiger partial charge is 0.487 e. The predicted molar refractivity (Wildman–Crippen MR) is 114 cm³/mol. The van der Waals surface area contributed by atoms with Gasteiger partial charge in [-0.15, -0.1) is 0 Å². The number of halogens is 3. The maximum atomic E-state index is 12.8. The maximum absolute atomic E-state index is 12.8. The molecule has 0 fully saturated rings. The molecule has 1 atom stereocenters. The fraction of sp³-hybridized carbons (Fsp3) is 0.250. The van der Waals surface area contributed by atoms with E-state index in [1.54, 1.807) is 18.2 Å². The Hall–Kier alpha value is -2.32. The highest BCUT2D eigenvalue weighted by atomic mass is 35.5. The van der Waals surface area contributed by atoms with Gasteiger partial charge in [0.2, 0.25) is 5.91 Å². The van der Waals surface area contributed by atoms with E-state index in [4.69, 9.17) is 44.3 Å². The topological polar surface area (TPSA) is 84.9 Å². The molecule has 0 bridgehead atoms. The summed E-state index contributed by atoms with van der Waals surface area (Å²) in [6.07, 6.45) is 0. The third-order valence-electron chi connectivity index (χ3n) is 4.48. The van der Waals surface area contributed by atoms with Crippen molar-refractivity contribution in [2.75, 3.05) is 25.6 Å². The van der Waals surface area contributed by atoms with Gasteiger partial charge in [0.25, 0.3) is 11.8 Å². The van der Waals surface area contributed by atoms with E-state index in [9.17, 15) is 14.4 Å². The molecule has 1 unspecified atom stereocenters. The highest BCUT2D eigenvalue weighted by Crippen LogP contribution is 2.35. The molecule has 3 amide bonds. The van der Waals surface area contributed by atoms with E-state index >= 15 is 0 Å². The number of fused-ring (bicyclic) bond motifs is 1. The van der Waals surface area contributed by atoms with E-state index < -0.39 is 23.8 Å². The molecule has 0 aliphatic carbocycles. The Morgan fingerprint density at radius 2 is 1.63 bits per heavy atom. The van der Waals surface area contributed by atoms with Crippen molar-refractivity contribution in [1.29, 1.82) is 0 Å². The number of carbonyl (C=O) groups is 3. The lowest BCUT2D eigenvalue weighted by Crippen LogP contribution is -2.45. The number of nitrogens with one attached hydrogen (secondary N) is 1. The molecule has 1 aliphatic rings. The van der Waals surface area contributed by atoms with Crippen molar-refractivity contribution in [2.45, 2.75) is 13.0 Å². The van der Waals surface area contributed by atoms with Gasteiger partial charge in [-0.25, -0.2) is 0 Å². The second-order valence-electron chi connectivity index (χ2n) is 6.42. The molecule has 0 radical (unpaired) electrons. The normalized spacial score (nSPS) is 14.0. The van der Waals surface area contributed by atoms with Crippen molar-refractivity contribution in [3.8, 4) is 5.75 Å².